The Morgan fingerprint density at radius 2 is 2.28 bits per heavy atom. The molecule has 2 aromatic rings. The van der Waals surface area contributed by atoms with Crippen LogP contribution in [0.15, 0.2) is 36.5 Å². The molecular weight excluding hydrogens is 370 g/mol. The summed E-state index contributed by atoms with van der Waals surface area (Å²) in [6.07, 6.45) is 6.14. The summed E-state index contributed by atoms with van der Waals surface area (Å²) in [5.41, 5.74) is 1.44. The zero-order valence-corrected chi connectivity index (χ0v) is 15.7. The molecule has 9 nitrogen and oxygen atoms in total. The number of carbonyl (C=O) groups is 1. The highest BCUT2D eigenvalue weighted by Gasteiger charge is 2.21. The lowest BCUT2D eigenvalue weighted by atomic mass is 10.2. The molecule has 1 fully saturated rings. The first kappa shape index (κ1) is 18.7. The fourth-order valence-corrected chi connectivity index (χ4v) is 3.16. The molecule has 1 atom stereocenters. The first-order chi connectivity index (χ1) is 14.2. The van der Waals surface area contributed by atoms with Gasteiger partial charge in [-0.05, 0) is 31.2 Å². The van der Waals surface area contributed by atoms with Gasteiger partial charge in [-0.25, -0.2) is 4.98 Å². The lowest BCUT2D eigenvalue weighted by molar-refractivity contribution is 0.0940. The van der Waals surface area contributed by atoms with E-state index in [1.807, 2.05) is 12.2 Å². The van der Waals surface area contributed by atoms with E-state index in [1.165, 1.54) is 6.20 Å². The van der Waals surface area contributed by atoms with Crippen LogP contribution in [-0.2, 0) is 0 Å². The molecule has 1 aromatic carbocycles. The topological polar surface area (TPSA) is 124 Å². The van der Waals surface area contributed by atoms with Crippen molar-refractivity contribution in [3.05, 3.63) is 47.7 Å². The fraction of sp³-hybridized carbons (Fsp3) is 0.300. The Morgan fingerprint density at radius 3 is 3.10 bits per heavy atom. The first-order valence-electron chi connectivity index (χ1n) is 9.44. The third-order valence-electron chi connectivity index (χ3n) is 4.67. The van der Waals surface area contributed by atoms with E-state index in [-0.39, 0.29) is 11.9 Å². The molecule has 0 radical (unpaired) electrons. The van der Waals surface area contributed by atoms with Crippen LogP contribution in [0.4, 0.5) is 17.5 Å². The Balaban J connectivity index is 1.68. The molecule has 0 spiro atoms. The Hall–Kier alpha value is -3.64. The third kappa shape index (κ3) is 4.44. The Bertz CT molecular complexity index is 977. The maximum atomic E-state index is 12.8. The maximum Gasteiger partial charge on any atom is 0.256 e. The first-order valence-corrected chi connectivity index (χ1v) is 9.44. The van der Waals surface area contributed by atoms with Gasteiger partial charge in [-0.15, -0.1) is 0 Å². The van der Waals surface area contributed by atoms with Crippen LogP contribution >= 0.6 is 0 Å². The molecule has 0 saturated carbocycles. The van der Waals surface area contributed by atoms with E-state index in [2.05, 4.69) is 37.3 Å². The second-order valence-electron chi connectivity index (χ2n) is 6.73. The number of hydrogen-bond acceptors (Lipinski definition) is 8. The fourth-order valence-electron chi connectivity index (χ4n) is 3.16. The minimum Gasteiger partial charge on any atom is -0.488 e. The van der Waals surface area contributed by atoms with Crippen LogP contribution in [0.3, 0.4) is 0 Å². The van der Waals surface area contributed by atoms with Crippen molar-refractivity contribution >= 4 is 23.4 Å². The molecule has 3 heterocycles. The van der Waals surface area contributed by atoms with Crippen molar-refractivity contribution in [1.82, 2.24) is 20.6 Å². The smallest absolute Gasteiger partial charge is 0.256 e. The second kappa shape index (κ2) is 8.58. The van der Waals surface area contributed by atoms with Crippen LogP contribution in [0.25, 0.3) is 0 Å². The highest BCUT2D eigenvalue weighted by molar-refractivity contribution is 5.99. The van der Waals surface area contributed by atoms with Gasteiger partial charge in [0.15, 0.2) is 0 Å². The van der Waals surface area contributed by atoms with Crippen molar-refractivity contribution in [3.8, 4) is 11.8 Å². The number of aromatic nitrogens is 2. The van der Waals surface area contributed by atoms with E-state index < -0.39 is 0 Å². The summed E-state index contributed by atoms with van der Waals surface area (Å²) in [7, 11) is 0. The van der Waals surface area contributed by atoms with E-state index in [1.54, 1.807) is 18.2 Å². The molecule has 0 aliphatic carbocycles. The summed E-state index contributed by atoms with van der Waals surface area (Å²) in [4.78, 5) is 21.6. The number of hydrogen-bond donors (Lipinski definition) is 4. The van der Waals surface area contributed by atoms with Crippen molar-refractivity contribution < 1.29 is 9.53 Å². The summed E-state index contributed by atoms with van der Waals surface area (Å²) < 4.78 is 5.71. The SMILES string of the molecule is N#Cc1ccc2cc1OC/C=C\CNc1ncc(C(=O)N[C@H]3CCNC3)c(n1)N2. The van der Waals surface area contributed by atoms with Crippen molar-refractivity contribution in [2.75, 3.05) is 36.9 Å². The molecule has 2 aliphatic rings. The van der Waals surface area contributed by atoms with E-state index in [9.17, 15) is 10.1 Å². The largest absolute Gasteiger partial charge is 0.488 e. The average molecular weight is 391 g/mol. The minimum absolute atomic E-state index is 0.0855. The standard InChI is InChI=1S/C20H21N7O2/c21-10-13-3-4-14-9-17(13)29-8-2-1-6-23-20-24-12-16(18(25-14)27-20)19(28)26-15-5-7-22-11-15/h1-4,9,12,15,22H,5-8,11H2,(H,26,28)(H2,23,24,25,27)/b2-1-/t15-/m0/s1. The maximum absolute atomic E-state index is 12.8. The molecule has 1 aromatic heterocycles. The Morgan fingerprint density at radius 1 is 1.34 bits per heavy atom. The van der Waals surface area contributed by atoms with Crippen LogP contribution < -0.4 is 26.0 Å². The van der Waals surface area contributed by atoms with Crippen molar-refractivity contribution in [2.45, 2.75) is 12.5 Å². The normalized spacial score (nSPS) is 19.1. The van der Waals surface area contributed by atoms with E-state index in [0.29, 0.717) is 47.5 Å². The van der Waals surface area contributed by atoms with Gasteiger partial charge < -0.3 is 26.0 Å². The van der Waals surface area contributed by atoms with Crippen molar-refractivity contribution in [2.24, 2.45) is 0 Å². The molecule has 2 aliphatic heterocycles. The number of benzene rings is 1. The van der Waals surface area contributed by atoms with Crippen molar-refractivity contribution in [3.63, 3.8) is 0 Å². The number of nitrogens with zero attached hydrogens (tertiary/aromatic N) is 3. The molecule has 4 bridgehead atoms. The molecule has 1 saturated heterocycles. The van der Waals surface area contributed by atoms with Crippen LogP contribution in [0, 0.1) is 11.3 Å². The number of fused-ring (bicyclic) bond motifs is 4. The quantitative estimate of drug-likeness (QED) is 0.569. The Labute approximate surface area is 168 Å². The average Bonchev–Trinajstić information content (AvgIpc) is 3.23. The predicted octanol–water partition coefficient (Wildman–Crippen LogP) is 1.54. The third-order valence-corrected chi connectivity index (χ3v) is 4.67. The molecule has 9 heteroatoms. The molecule has 4 N–H and O–H groups in total. The molecule has 4 rings (SSSR count). The van der Waals surface area contributed by atoms with Gasteiger partial charge in [-0.2, -0.15) is 10.2 Å². The number of nitriles is 1. The summed E-state index contributed by atoms with van der Waals surface area (Å²) in [5, 5.41) is 21.8. The number of nitrogens with one attached hydrogen (secondary N) is 4. The number of ether oxygens (including phenoxy) is 1. The van der Waals surface area contributed by atoms with Gasteiger partial charge >= 0.3 is 0 Å². The summed E-state index contributed by atoms with van der Waals surface area (Å²) in [6.45, 7) is 2.47. The zero-order valence-electron chi connectivity index (χ0n) is 15.7. The van der Waals surface area contributed by atoms with Crippen LogP contribution in [0.5, 0.6) is 5.75 Å². The molecule has 0 unspecified atom stereocenters. The lowest BCUT2D eigenvalue weighted by Gasteiger charge is -2.15. The zero-order chi connectivity index (χ0) is 20.1. The van der Waals surface area contributed by atoms with Crippen molar-refractivity contribution in [1.29, 1.82) is 5.26 Å². The van der Waals surface area contributed by atoms with E-state index >= 15 is 0 Å². The number of carbonyl (C=O) groups excluding carboxylic acids is 1. The Kier molecular flexibility index (Phi) is 5.54. The molecule has 29 heavy (non-hydrogen) atoms. The predicted molar refractivity (Wildman–Crippen MR) is 108 cm³/mol. The molecule has 1 amide bonds. The lowest BCUT2D eigenvalue weighted by Crippen LogP contribution is -2.36. The summed E-state index contributed by atoms with van der Waals surface area (Å²) >= 11 is 0. The van der Waals surface area contributed by atoms with Gasteiger partial charge in [0.1, 0.15) is 29.8 Å². The van der Waals surface area contributed by atoms with Gasteiger partial charge in [0.25, 0.3) is 5.91 Å². The van der Waals surface area contributed by atoms with E-state index in [4.69, 9.17) is 4.74 Å². The monoisotopic (exact) mass is 391 g/mol. The molecule has 148 valence electrons. The second-order valence-corrected chi connectivity index (χ2v) is 6.73. The highest BCUT2D eigenvalue weighted by atomic mass is 16.5. The minimum atomic E-state index is -0.234. The van der Waals surface area contributed by atoms with E-state index in [0.717, 1.165) is 19.5 Å². The van der Waals surface area contributed by atoms with Gasteiger partial charge in [0, 0.05) is 37.1 Å². The summed E-state index contributed by atoms with van der Waals surface area (Å²) in [6, 6.07) is 7.35. The van der Waals surface area contributed by atoms with Crippen LogP contribution in [0.2, 0.25) is 0 Å². The number of amides is 1. The van der Waals surface area contributed by atoms with Crippen LogP contribution in [-0.4, -0.2) is 48.2 Å². The summed E-state index contributed by atoms with van der Waals surface area (Å²) in [5.74, 6) is 1.02. The van der Waals surface area contributed by atoms with Gasteiger partial charge in [0.2, 0.25) is 5.95 Å². The highest BCUT2D eigenvalue weighted by Crippen LogP contribution is 2.27. The number of anilines is 3. The van der Waals surface area contributed by atoms with Gasteiger partial charge in [-0.3, -0.25) is 4.79 Å². The van der Waals surface area contributed by atoms with Gasteiger partial charge in [-0.1, -0.05) is 6.08 Å². The van der Waals surface area contributed by atoms with Crippen LogP contribution in [0.1, 0.15) is 22.3 Å². The van der Waals surface area contributed by atoms with Gasteiger partial charge in [0.05, 0.1) is 5.56 Å². The number of rotatable bonds is 2. The molecular formula is C20H21N7O2.